The molecule has 0 aromatic heterocycles. The quantitative estimate of drug-likeness (QED) is 0.862. The highest BCUT2D eigenvalue weighted by Crippen LogP contribution is 2.33. The largest absolute Gasteiger partial charge is 0.494 e. The fourth-order valence-electron chi connectivity index (χ4n) is 2.87. The summed E-state index contributed by atoms with van der Waals surface area (Å²) >= 11 is 0. The minimum absolute atomic E-state index is 0.0843. The van der Waals surface area contributed by atoms with Crippen LogP contribution < -0.4 is 9.64 Å². The standard InChI is InChI=1S/C19H21NO3/c21-18-12-13-20(17-10-5-4-9-16(17)18)19(22)11-6-14-23-15-7-2-1-3-8-15/h1-5,7-10,18,21H,6,11-14H2. The molecular weight excluding hydrogens is 290 g/mol. The number of fused-ring (bicyclic) bond motifs is 1. The third-order valence-corrected chi connectivity index (χ3v) is 4.06. The smallest absolute Gasteiger partial charge is 0.227 e. The van der Waals surface area contributed by atoms with Gasteiger partial charge >= 0.3 is 0 Å². The van der Waals surface area contributed by atoms with E-state index in [9.17, 15) is 9.90 Å². The minimum Gasteiger partial charge on any atom is -0.494 e. The van der Waals surface area contributed by atoms with Gasteiger partial charge in [0.2, 0.25) is 5.91 Å². The Morgan fingerprint density at radius 2 is 1.87 bits per heavy atom. The number of benzene rings is 2. The summed E-state index contributed by atoms with van der Waals surface area (Å²) in [5, 5.41) is 10.0. The number of carbonyl (C=O) groups is 1. The molecule has 0 spiro atoms. The van der Waals surface area contributed by atoms with Gasteiger partial charge in [0.25, 0.3) is 0 Å². The van der Waals surface area contributed by atoms with E-state index in [1.807, 2.05) is 54.6 Å². The molecule has 0 aliphatic carbocycles. The lowest BCUT2D eigenvalue weighted by Crippen LogP contribution is -2.36. The van der Waals surface area contributed by atoms with Crippen LogP contribution >= 0.6 is 0 Å². The molecule has 4 nitrogen and oxygen atoms in total. The molecule has 1 amide bonds. The average molecular weight is 311 g/mol. The van der Waals surface area contributed by atoms with Crippen molar-refractivity contribution in [3.8, 4) is 5.75 Å². The molecule has 0 radical (unpaired) electrons. The number of anilines is 1. The second-order valence-corrected chi connectivity index (χ2v) is 5.67. The van der Waals surface area contributed by atoms with Crippen molar-refractivity contribution in [3.05, 3.63) is 60.2 Å². The van der Waals surface area contributed by atoms with Crippen molar-refractivity contribution in [3.63, 3.8) is 0 Å². The van der Waals surface area contributed by atoms with Gasteiger partial charge in [-0.3, -0.25) is 4.79 Å². The van der Waals surface area contributed by atoms with Crippen LogP contribution in [0.1, 0.15) is 30.9 Å². The van der Waals surface area contributed by atoms with Gasteiger partial charge in [0.15, 0.2) is 0 Å². The first-order valence-corrected chi connectivity index (χ1v) is 8.01. The van der Waals surface area contributed by atoms with Gasteiger partial charge in [0, 0.05) is 24.2 Å². The number of amides is 1. The Balaban J connectivity index is 1.54. The van der Waals surface area contributed by atoms with Crippen molar-refractivity contribution < 1.29 is 14.6 Å². The first-order valence-electron chi connectivity index (χ1n) is 8.01. The molecule has 0 fully saturated rings. The molecule has 1 aliphatic rings. The molecule has 0 bridgehead atoms. The monoisotopic (exact) mass is 311 g/mol. The summed E-state index contributed by atoms with van der Waals surface area (Å²) in [7, 11) is 0. The number of hydrogen-bond acceptors (Lipinski definition) is 3. The van der Waals surface area contributed by atoms with Gasteiger partial charge in [-0.05, 0) is 31.0 Å². The van der Waals surface area contributed by atoms with E-state index < -0.39 is 6.10 Å². The van der Waals surface area contributed by atoms with Crippen molar-refractivity contribution >= 4 is 11.6 Å². The number of nitrogens with zero attached hydrogens (tertiary/aromatic N) is 1. The summed E-state index contributed by atoms with van der Waals surface area (Å²) < 4.78 is 5.62. The molecule has 120 valence electrons. The number of rotatable bonds is 5. The van der Waals surface area contributed by atoms with E-state index in [2.05, 4.69) is 0 Å². The summed E-state index contributed by atoms with van der Waals surface area (Å²) in [6.45, 7) is 1.09. The zero-order chi connectivity index (χ0) is 16.1. The molecule has 1 atom stereocenters. The maximum atomic E-state index is 12.5. The van der Waals surface area contributed by atoms with Crippen LogP contribution in [0.5, 0.6) is 5.75 Å². The number of hydrogen-bond donors (Lipinski definition) is 1. The predicted octanol–water partition coefficient (Wildman–Crippen LogP) is 3.32. The minimum atomic E-state index is -0.475. The molecule has 23 heavy (non-hydrogen) atoms. The molecule has 4 heteroatoms. The van der Waals surface area contributed by atoms with Gasteiger partial charge in [0.05, 0.1) is 12.7 Å². The molecule has 2 aromatic carbocycles. The second-order valence-electron chi connectivity index (χ2n) is 5.67. The number of para-hydroxylation sites is 2. The lowest BCUT2D eigenvalue weighted by atomic mass is 9.98. The summed E-state index contributed by atoms with van der Waals surface area (Å²) in [5.74, 6) is 0.910. The van der Waals surface area contributed by atoms with Crippen molar-refractivity contribution in [1.29, 1.82) is 0 Å². The Kier molecular flexibility index (Phi) is 4.93. The Hall–Kier alpha value is -2.33. The van der Waals surface area contributed by atoms with Crippen LogP contribution in [0, 0.1) is 0 Å². The van der Waals surface area contributed by atoms with Gasteiger partial charge in [-0.25, -0.2) is 0 Å². The third-order valence-electron chi connectivity index (χ3n) is 4.06. The van der Waals surface area contributed by atoms with Gasteiger partial charge in [0.1, 0.15) is 5.75 Å². The highest BCUT2D eigenvalue weighted by Gasteiger charge is 2.26. The maximum absolute atomic E-state index is 12.5. The lowest BCUT2D eigenvalue weighted by molar-refractivity contribution is -0.119. The van der Waals surface area contributed by atoms with Crippen LogP contribution in [0.3, 0.4) is 0 Å². The molecule has 0 saturated heterocycles. The fourth-order valence-corrected chi connectivity index (χ4v) is 2.87. The van der Waals surface area contributed by atoms with E-state index >= 15 is 0 Å². The van der Waals surface area contributed by atoms with Crippen LogP contribution in [-0.2, 0) is 4.79 Å². The predicted molar refractivity (Wildman–Crippen MR) is 89.5 cm³/mol. The summed E-state index contributed by atoms with van der Waals surface area (Å²) in [6.07, 6.45) is 1.23. The first-order chi connectivity index (χ1) is 11.3. The topological polar surface area (TPSA) is 49.8 Å². The summed E-state index contributed by atoms with van der Waals surface area (Å²) in [5.41, 5.74) is 1.67. The van der Waals surface area contributed by atoms with E-state index in [0.29, 0.717) is 32.4 Å². The van der Waals surface area contributed by atoms with Crippen molar-refractivity contribution in [2.75, 3.05) is 18.1 Å². The third kappa shape index (κ3) is 3.71. The second kappa shape index (κ2) is 7.29. The van der Waals surface area contributed by atoms with Crippen molar-refractivity contribution in [2.24, 2.45) is 0 Å². The molecule has 1 heterocycles. The van der Waals surface area contributed by atoms with E-state index in [1.165, 1.54) is 0 Å². The number of aliphatic hydroxyl groups is 1. The van der Waals surface area contributed by atoms with E-state index in [1.54, 1.807) is 4.90 Å². The zero-order valence-electron chi connectivity index (χ0n) is 13.0. The van der Waals surface area contributed by atoms with Gasteiger partial charge in [-0.1, -0.05) is 36.4 Å². The molecule has 1 N–H and O–H groups in total. The first kappa shape index (κ1) is 15.6. The van der Waals surface area contributed by atoms with Crippen LogP contribution in [0.4, 0.5) is 5.69 Å². The van der Waals surface area contributed by atoms with E-state index in [4.69, 9.17) is 4.74 Å². The van der Waals surface area contributed by atoms with E-state index in [0.717, 1.165) is 17.0 Å². The van der Waals surface area contributed by atoms with Crippen molar-refractivity contribution in [2.45, 2.75) is 25.4 Å². The van der Waals surface area contributed by atoms with Crippen LogP contribution in [0.25, 0.3) is 0 Å². The molecule has 2 aromatic rings. The maximum Gasteiger partial charge on any atom is 0.227 e. The molecule has 0 saturated carbocycles. The van der Waals surface area contributed by atoms with Crippen LogP contribution in [0.2, 0.25) is 0 Å². The molecule has 1 unspecified atom stereocenters. The summed E-state index contributed by atoms with van der Waals surface area (Å²) in [4.78, 5) is 14.2. The Bertz CT molecular complexity index is 657. The van der Waals surface area contributed by atoms with E-state index in [-0.39, 0.29) is 5.91 Å². The zero-order valence-corrected chi connectivity index (χ0v) is 13.0. The lowest BCUT2D eigenvalue weighted by Gasteiger charge is -2.32. The number of ether oxygens (including phenoxy) is 1. The number of carbonyl (C=O) groups excluding carboxylic acids is 1. The Morgan fingerprint density at radius 1 is 1.13 bits per heavy atom. The SMILES string of the molecule is O=C(CCCOc1ccccc1)N1CCC(O)c2ccccc21. The fraction of sp³-hybridized carbons (Fsp3) is 0.316. The van der Waals surface area contributed by atoms with Gasteiger partial charge < -0.3 is 14.7 Å². The van der Waals surface area contributed by atoms with Gasteiger partial charge in [-0.15, -0.1) is 0 Å². The Labute approximate surface area is 136 Å². The normalized spacial score (nSPS) is 16.7. The number of aliphatic hydroxyl groups excluding tert-OH is 1. The molecular formula is C19H21NO3. The van der Waals surface area contributed by atoms with Gasteiger partial charge in [-0.2, -0.15) is 0 Å². The summed E-state index contributed by atoms with van der Waals surface area (Å²) in [6, 6.07) is 17.2. The average Bonchev–Trinajstić information content (AvgIpc) is 2.60. The highest BCUT2D eigenvalue weighted by molar-refractivity contribution is 5.94. The van der Waals surface area contributed by atoms with Crippen LogP contribution in [-0.4, -0.2) is 24.2 Å². The van der Waals surface area contributed by atoms with Crippen molar-refractivity contribution in [1.82, 2.24) is 0 Å². The molecule has 1 aliphatic heterocycles. The molecule has 3 rings (SSSR count). The van der Waals surface area contributed by atoms with Crippen LogP contribution in [0.15, 0.2) is 54.6 Å². The Morgan fingerprint density at radius 3 is 2.70 bits per heavy atom. The highest BCUT2D eigenvalue weighted by atomic mass is 16.5.